The standard InChI is InChI=1S/C11H23N3/c1-9(2)10-6-12-7-11(13-10)4-5-14(3)8-11/h9-10,12-13H,4-8H2,1-3H3. The van der Waals surface area contributed by atoms with E-state index in [1.165, 1.54) is 19.5 Å². The molecular weight excluding hydrogens is 174 g/mol. The van der Waals surface area contributed by atoms with Gasteiger partial charge >= 0.3 is 0 Å². The first-order chi connectivity index (χ1) is 6.61. The van der Waals surface area contributed by atoms with Crippen LogP contribution < -0.4 is 10.6 Å². The molecule has 0 bridgehead atoms. The van der Waals surface area contributed by atoms with Gasteiger partial charge in [0.2, 0.25) is 0 Å². The Balaban J connectivity index is 1.99. The number of rotatable bonds is 1. The Bertz CT molecular complexity index is 201. The Kier molecular flexibility index (Phi) is 2.82. The quantitative estimate of drug-likeness (QED) is 0.632. The second-order valence-electron chi connectivity index (χ2n) is 5.39. The lowest BCUT2D eigenvalue weighted by molar-refractivity contribution is 0.196. The van der Waals surface area contributed by atoms with Gasteiger partial charge < -0.3 is 15.5 Å². The highest BCUT2D eigenvalue weighted by Crippen LogP contribution is 2.23. The first-order valence-corrected chi connectivity index (χ1v) is 5.78. The van der Waals surface area contributed by atoms with Gasteiger partial charge in [0.05, 0.1) is 0 Å². The van der Waals surface area contributed by atoms with Crippen molar-refractivity contribution in [3.8, 4) is 0 Å². The molecule has 82 valence electrons. The molecule has 0 saturated carbocycles. The summed E-state index contributed by atoms with van der Waals surface area (Å²) < 4.78 is 0. The molecule has 2 aliphatic rings. The van der Waals surface area contributed by atoms with Crippen LogP contribution >= 0.6 is 0 Å². The largest absolute Gasteiger partial charge is 0.313 e. The molecule has 2 fully saturated rings. The van der Waals surface area contributed by atoms with Crippen LogP contribution in [-0.2, 0) is 0 Å². The maximum absolute atomic E-state index is 3.85. The number of nitrogens with zero attached hydrogens (tertiary/aromatic N) is 1. The van der Waals surface area contributed by atoms with Crippen molar-refractivity contribution >= 4 is 0 Å². The molecule has 2 aliphatic heterocycles. The number of likely N-dealkylation sites (tertiary alicyclic amines) is 1. The van der Waals surface area contributed by atoms with Gasteiger partial charge in [-0.1, -0.05) is 13.8 Å². The normalized spacial score (nSPS) is 39.9. The third-order valence-electron chi connectivity index (χ3n) is 3.67. The highest BCUT2D eigenvalue weighted by molar-refractivity contribution is 5.03. The van der Waals surface area contributed by atoms with Gasteiger partial charge in [-0.15, -0.1) is 0 Å². The first-order valence-electron chi connectivity index (χ1n) is 5.78. The lowest BCUT2D eigenvalue weighted by Gasteiger charge is -2.41. The fourth-order valence-corrected chi connectivity index (χ4v) is 2.71. The first kappa shape index (κ1) is 10.4. The summed E-state index contributed by atoms with van der Waals surface area (Å²) in [7, 11) is 2.22. The van der Waals surface area contributed by atoms with E-state index in [1.807, 2.05) is 0 Å². The lowest BCUT2D eigenvalue weighted by atomic mass is 9.90. The van der Waals surface area contributed by atoms with Crippen molar-refractivity contribution in [1.82, 2.24) is 15.5 Å². The second-order valence-corrected chi connectivity index (χ2v) is 5.39. The molecular formula is C11H23N3. The van der Waals surface area contributed by atoms with E-state index >= 15 is 0 Å². The van der Waals surface area contributed by atoms with Gasteiger partial charge in [-0.05, 0) is 25.9 Å². The van der Waals surface area contributed by atoms with Crippen molar-refractivity contribution in [2.45, 2.75) is 31.8 Å². The van der Waals surface area contributed by atoms with Gasteiger partial charge in [-0.3, -0.25) is 0 Å². The molecule has 2 unspecified atom stereocenters. The van der Waals surface area contributed by atoms with Gasteiger partial charge in [-0.25, -0.2) is 0 Å². The zero-order chi connectivity index (χ0) is 10.2. The summed E-state index contributed by atoms with van der Waals surface area (Å²) in [5, 5.41) is 7.43. The SMILES string of the molecule is CC(C)C1CNCC2(CCN(C)C2)N1. The Morgan fingerprint density at radius 1 is 1.43 bits per heavy atom. The van der Waals surface area contributed by atoms with E-state index in [9.17, 15) is 0 Å². The predicted molar refractivity (Wildman–Crippen MR) is 59.5 cm³/mol. The molecule has 0 radical (unpaired) electrons. The average Bonchev–Trinajstić information content (AvgIpc) is 2.47. The highest BCUT2D eigenvalue weighted by Gasteiger charge is 2.40. The van der Waals surface area contributed by atoms with Gasteiger partial charge in [0.1, 0.15) is 0 Å². The van der Waals surface area contributed by atoms with Crippen LogP contribution in [0.15, 0.2) is 0 Å². The van der Waals surface area contributed by atoms with E-state index in [4.69, 9.17) is 0 Å². The molecule has 14 heavy (non-hydrogen) atoms. The smallest absolute Gasteiger partial charge is 0.0449 e. The molecule has 3 heteroatoms. The summed E-state index contributed by atoms with van der Waals surface area (Å²) in [5.74, 6) is 0.727. The van der Waals surface area contributed by atoms with Crippen LogP contribution in [0.2, 0.25) is 0 Å². The van der Waals surface area contributed by atoms with E-state index in [-0.39, 0.29) is 0 Å². The van der Waals surface area contributed by atoms with Crippen molar-refractivity contribution in [2.75, 3.05) is 33.2 Å². The van der Waals surface area contributed by atoms with Crippen molar-refractivity contribution < 1.29 is 0 Å². The molecule has 2 rings (SSSR count). The van der Waals surface area contributed by atoms with E-state index in [1.54, 1.807) is 0 Å². The molecule has 1 spiro atoms. The van der Waals surface area contributed by atoms with Crippen LogP contribution in [0.25, 0.3) is 0 Å². The van der Waals surface area contributed by atoms with Gasteiger partial charge in [0.25, 0.3) is 0 Å². The van der Waals surface area contributed by atoms with Gasteiger partial charge in [-0.2, -0.15) is 0 Å². The predicted octanol–water partition coefficient (Wildman–Crippen LogP) is 0.278. The number of hydrogen-bond acceptors (Lipinski definition) is 3. The minimum Gasteiger partial charge on any atom is -0.313 e. The summed E-state index contributed by atoms with van der Waals surface area (Å²) in [6.45, 7) is 9.31. The van der Waals surface area contributed by atoms with Crippen molar-refractivity contribution in [3.05, 3.63) is 0 Å². The topological polar surface area (TPSA) is 27.3 Å². The van der Waals surface area contributed by atoms with E-state index in [0.717, 1.165) is 19.0 Å². The number of likely N-dealkylation sites (N-methyl/N-ethyl adjacent to an activating group) is 1. The van der Waals surface area contributed by atoms with Crippen LogP contribution in [0.4, 0.5) is 0 Å². The van der Waals surface area contributed by atoms with Crippen LogP contribution in [0, 0.1) is 5.92 Å². The lowest BCUT2D eigenvalue weighted by Crippen LogP contribution is -2.65. The monoisotopic (exact) mass is 197 g/mol. The van der Waals surface area contributed by atoms with Gasteiger partial charge in [0, 0.05) is 31.2 Å². The third-order valence-corrected chi connectivity index (χ3v) is 3.67. The van der Waals surface area contributed by atoms with E-state index in [0.29, 0.717) is 11.6 Å². The van der Waals surface area contributed by atoms with Crippen LogP contribution in [0.5, 0.6) is 0 Å². The molecule has 0 aromatic rings. The number of nitrogens with one attached hydrogen (secondary N) is 2. The van der Waals surface area contributed by atoms with Crippen LogP contribution in [-0.4, -0.2) is 49.7 Å². The fourth-order valence-electron chi connectivity index (χ4n) is 2.71. The fraction of sp³-hybridized carbons (Fsp3) is 1.00. The molecule has 3 nitrogen and oxygen atoms in total. The molecule has 0 aliphatic carbocycles. The summed E-state index contributed by atoms with van der Waals surface area (Å²) in [6, 6.07) is 0.648. The Hall–Kier alpha value is -0.120. The Morgan fingerprint density at radius 2 is 2.21 bits per heavy atom. The average molecular weight is 197 g/mol. The molecule has 2 atom stereocenters. The summed E-state index contributed by atoms with van der Waals surface area (Å²) in [6.07, 6.45) is 1.29. The van der Waals surface area contributed by atoms with Crippen molar-refractivity contribution in [2.24, 2.45) is 5.92 Å². The summed E-state index contributed by atoms with van der Waals surface area (Å²) >= 11 is 0. The molecule has 2 N–H and O–H groups in total. The minimum atomic E-state index is 0.363. The maximum Gasteiger partial charge on any atom is 0.0449 e. The van der Waals surface area contributed by atoms with E-state index < -0.39 is 0 Å². The third kappa shape index (κ3) is 1.95. The number of hydrogen-bond donors (Lipinski definition) is 2. The molecule has 2 saturated heterocycles. The highest BCUT2D eigenvalue weighted by atomic mass is 15.2. The van der Waals surface area contributed by atoms with Crippen LogP contribution in [0.1, 0.15) is 20.3 Å². The Labute approximate surface area is 87.2 Å². The maximum atomic E-state index is 3.85. The van der Waals surface area contributed by atoms with E-state index in [2.05, 4.69) is 36.4 Å². The van der Waals surface area contributed by atoms with Crippen molar-refractivity contribution in [3.63, 3.8) is 0 Å². The Morgan fingerprint density at radius 3 is 2.79 bits per heavy atom. The zero-order valence-corrected chi connectivity index (χ0v) is 9.64. The molecule has 0 amide bonds. The minimum absolute atomic E-state index is 0.363. The zero-order valence-electron chi connectivity index (χ0n) is 9.64. The molecule has 2 heterocycles. The van der Waals surface area contributed by atoms with Crippen LogP contribution in [0.3, 0.4) is 0 Å². The van der Waals surface area contributed by atoms with Gasteiger partial charge in [0.15, 0.2) is 0 Å². The van der Waals surface area contributed by atoms with Crippen molar-refractivity contribution in [1.29, 1.82) is 0 Å². The number of piperazine rings is 1. The second kappa shape index (κ2) is 3.80. The molecule has 0 aromatic carbocycles. The summed E-state index contributed by atoms with van der Waals surface area (Å²) in [4.78, 5) is 2.43. The molecule has 0 aromatic heterocycles. The summed E-state index contributed by atoms with van der Waals surface area (Å²) in [5.41, 5.74) is 0.363.